The molecular weight excluding hydrogens is 412 g/mol. The average molecular weight is 441 g/mol. The Bertz CT molecular complexity index is 1310. The number of fused-ring (bicyclic) bond motifs is 1. The van der Waals surface area contributed by atoms with Crippen LogP contribution in [-0.2, 0) is 17.9 Å². The van der Waals surface area contributed by atoms with E-state index < -0.39 is 0 Å². The van der Waals surface area contributed by atoms with E-state index in [1.54, 1.807) is 35.0 Å². The molecule has 2 amide bonds. The Hall–Kier alpha value is -4.06. The third-order valence-corrected chi connectivity index (χ3v) is 5.98. The molecule has 0 aliphatic carbocycles. The molecule has 0 aliphatic heterocycles. The summed E-state index contributed by atoms with van der Waals surface area (Å²) in [6.45, 7) is 4.34. The normalized spacial score (nSPS) is 10.9. The van der Waals surface area contributed by atoms with Gasteiger partial charge in [0.2, 0.25) is 5.91 Å². The van der Waals surface area contributed by atoms with E-state index in [1.807, 2.05) is 48.5 Å². The van der Waals surface area contributed by atoms with Crippen molar-refractivity contribution in [1.82, 2.24) is 9.88 Å². The molecule has 0 bridgehead atoms. The van der Waals surface area contributed by atoms with E-state index in [0.29, 0.717) is 17.8 Å². The summed E-state index contributed by atoms with van der Waals surface area (Å²) >= 11 is 0. The minimum atomic E-state index is -0.108. The Kier molecular flexibility index (Phi) is 6.18. The van der Waals surface area contributed by atoms with Crippen LogP contribution >= 0.6 is 0 Å². The van der Waals surface area contributed by atoms with Crippen LogP contribution in [-0.4, -0.2) is 28.7 Å². The molecule has 1 heterocycles. The lowest BCUT2D eigenvalue weighted by molar-refractivity contribution is -0.116. The number of carbonyl (C=O) groups excluding carboxylic acids is 2. The first kappa shape index (κ1) is 22.1. The quantitative estimate of drug-likeness (QED) is 0.419. The summed E-state index contributed by atoms with van der Waals surface area (Å²) in [5.41, 5.74) is 12.0. The third kappa shape index (κ3) is 4.60. The largest absolute Gasteiger partial charge is 0.398 e. The summed E-state index contributed by atoms with van der Waals surface area (Å²) in [5, 5.41) is 1.16. The average Bonchev–Trinajstić information content (AvgIpc) is 3.13. The van der Waals surface area contributed by atoms with Crippen LogP contribution in [0.15, 0.2) is 72.8 Å². The number of nitrogens with one attached hydrogen (secondary N) is 1. The van der Waals surface area contributed by atoms with Gasteiger partial charge < -0.3 is 20.5 Å². The summed E-state index contributed by atoms with van der Waals surface area (Å²) in [6.07, 6.45) is 0. The van der Waals surface area contributed by atoms with E-state index in [2.05, 4.69) is 18.0 Å². The Morgan fingerprint density at radius 1 is 0.939 bits per heavy atom. The predicted molar refractivity (Wildman–Crippen MR) is 133 cm³/mol. The maximum Gasteiger partial charge on any atom is 0.253 e. The number of nitrogens with zero attached hydrogens (tertiary/aromatic N) is 2. The van der Waals surface area contributed by atoms with Crippen molar-refractivity contribution in [3.63, 3.8) is 0 Å². The Morgan fingerprint density at radius 3 is 2.33 bits per heavy atom. The number of H-pyrrole nitrogens is 1. The molecule has 0 fully saturated rings. The standard InChI is InChI=1S/C27H28N4O2/c1-18-23-11-7-8-12-25(23)29-26(18)17-30(3)27(33)20-13-14-24(28)21(15-20)16-31(19(2)32)22-9-5-4-6-10-22/h4-15,29H,16-17,28H2,1-3H3. The van der Waals surface area contributed by atoms with Crippen LogP contribution in [0.4, 0.5) is 11.4 Å². The van der Waals surface area contributed by atoms with Gasteiger partial charge in [0.05, 0.1) is 13.1 Å². The monoisotopic (exact) mass is 440 g/mol. The first-order chi connectivity index (χ1) is 15.8. The Balaban J connectivity index is 1.56. The zero-order valence-electron chi connectivity index (χ0n) is 19.1. The van der Waals surface area contributed by atoms with E-state index >= 15 is 0 Å². The second kappa shape index (κ2) is 9.20. The number of aryl methyl sites for hydroxylation is 1. The molecule has 0 unspecified atom stereocenters. The molecule has 6 nitrogen and oxygen atoms in total. The number of aromatic amines is 1. The number of rotatable bonds is 6. The smallest absolute Gasteiger partial charge is 0.253 e. The molecule has 0 saturated carbocycles. The van der Waals surface area contributed by atoms with E-state index in [-0.39, 0.29) is 18.4 Å². The van der Waals surface area contributed by atoms with Crippen LogP contribution in [0.5, 0.6) is 0 Å². The van der Waals surface area contributed by atoms with E-state index in [0.717, 1.165) is 33.4 Å². The van der Waals surface area contributed by atoms with E-state index in [9.17, 15) is 9.59 Å². The molecule has 4 aromatic rings. The predicted octanol–water partition coefficient (Wildman–Crippen LogP) is 4.88. The maximum atomic E-state index is 13.2. The topological polar surface area (TPSA) is 82.4 Å². The van der Waals surface area contributed by atoms with Crippen molar-refractivity contribution in [2.45, 2.75) is 26.9 Å². The second-order valence-electron chi connectivity index (χ2n) is 8.29. The van der Waals surface area contributed by atoms with Gasteiger partial charge in [0.1, 0.15) is 0 Å². The number of hydrogen-bond donors (Lipinski definition) is 2. The summed E-state index contributed by atoms with van der Waals surface area (Å²) in [6, 6.07) is 22.8. The van der Waals surface area contributed by atoms with E-state index in [4.69, 9.17) is 5.73 Å². The van der Waals surface area contributed by atoms with Gasteiger partial charge in [-0.2, -0.15) is 0 Å². The van der Waals surface area contributed by atoms with Crippen molar-refractivity contribution >= 4 is 34.1 Å². The molecule has 168 valence electrons. The second-order valence-corrected chi connectivity index (χ2v) is 8.29. The lowest BCUT2D eigenvalue weighted by Crippen LogP contribution is -2.29. The number of anilines is 2. The lowest BCUT2D eigenvalue weighted by atomic mass is 10.1. The summed E-state index contributed by atoms with van der Waals surface area (Å²) in [7, 11) is 1.79. The van der Waals surface area contributed by atoms with Gasteiger partial charge in [-0.15, -0.1) is 0 Å². The molecule has 33 heavy (non-hydrogen) atoms. The molecule has 4 rings (SSSR count). The van der Waals surface area contributed by atoms with Crippen LogP contribution in [0.25, 0.3) is 10.9 Å². The number of carbonyl (C=O) groups is 2. The minimum absolute atomic E-state index is 0.0938. The molecule has 0 aliphatic rings. The Labute approximate surface area is 193 Å². The highest BCUT2D eigenvalue weighted by Gasteiger charge is 2.18. The van der Waals surface area contributed by atoms with Crippen molar-refractivity contribution in [2.75, 3.05) is 17.7 Å². The first-order valence-electron chi connectivity index (χ1n) is 10.9. The fraction of sp³-hybridized carbons (Fsp3) is 0.185. The molecule has 6 heteroatoms. The van der Waals surface area contributed by atoms with Gasteiger partial charge in [-0.3, -0.25) is 9.59 Å². The molecule has 0 atom stereocenters. The van der Waals surface area contributed by atoms with Gasteiger partial charge >= 0.3 is 0 Å². The molecular formula is C27H28N4O2. The fourth-order valence-electron chi connectivity index (χ4n) is 4.06. The molecule has 0 saturated heterocycles. The van der Waals surface area contributed by atoms with Crippen molar-refractivity contribution in [3.8, 4) is 0 Å². The van der Waals surface area contributed by atoms with Gasteiger partial charge in [-0.1, -0.05) is 36.4 Å². The lowest BCUT2D eigenvalue weighted by Gasteiger charge is -2.23. The Morgan fingerprint density at radius 2 is 1.64 bits per heavy atom. The highest BCUT2D eigenvalue weighted by atomic mass is 16.2. The maximum absolute atomic E-state index is 13.2. The number of benzene rings is 3. The number of aromatic nitrogens is 1. The SMILES string of the molecule is CC(=O)N(Cc1cc(C(=O)N(C)Cc2[nH]c3ccccc3c2C)ccc1N)c1ccccc1. The summed E-state index contributed by atoms with van der Waals surface area (Å²) < 4.78 is 0. The number of hydrogen-bond acceptors (Lipinski definition) is 3. The number of nitrogens with two attached hydrogens (primary N) is 1. The van der Waals surface area contributed by atoms with Crippen LogP contribution in [0, 0.1) is 6.92 Å². The van der Waals surface area contributed by atoms with Crippen LogP contribution in [0.1, 0.15) is 34.1 Å². The van der Waals surface area contributed by atoms with Crippen LogP contribution < -0.4 is 10.6 Å². The molecule has 3 N–H and O–H groups in total. The van der Waals surface area contributed by atoms with E-state index in [1.165, 1.54) is 6.92 Å². The van der Waals surface area contributed by atoms with Crippen molar-refractivity contribution < 1.29 is 9.59 Å². The highest BCUT2D eigenvalue weighted by molar-refractivity contribution is 5.95. The molecule has 3 aromatic carbocycles. The third-order valence-electron chi connectivity index (χ3n) is 5.98. The molecule has 1 aromatic heterocycles. The minimum Gasteiger partial charge on any atom is -0.398 e. The fourth-order valence-corrected chi connectivity index (χ4v) is 4.06. The van der Waals surface area contributed by atoms with Crippen LogP contribution in [0.3, 0.4) is 0 Å². The van der Waals surface area contributed by atoms with Gasteiger partial charge in [0.25, 0.3) is 5.91 Å². The number of amides is 2. The van der Waals surface area contributed by atoms with Crippen molar-refractivity contribution in [2.24, 2.45) is 0 Å². The first-order valence-corrected chi connectivity index (χ1v) is 10.9. The van der Waals surface area contributed by atoms with Gasteiger partial charge in [0, 0.05) is 47.5 Å². The molecule has 0 radical (unpaired) electrons. The summed E-state index contributed by atoms with van der Waals surface area (Å²) in [4.78, 5) is 32.3. The van der Waals surface area contributed by atoms with Gasteiger partial charge in [-0.25, -0.2) is 0 Å². The number of nitrogen functional groups attached to an aromatic ring is 1. The van der Waals surface area contributed by atoms with Crippen molar-refractivity contribution in [3.05, 3.63) is 95.2 Å². The number of para-hydroxylation sites is 2. The highest BCUT2D eigenvalue weighted by Crippen LogP contribution is 2.24. The van der Waals surface area contributed by atoms with Crippen molar-refractivity contribution in [1.29, 1.82) is 0 Å². The zero-order chi connectivity index (χ0) is 23.5. The van der Waals surface area contributed by atoms with Crippen LogP contribution in [0.2, 0.25) is 0 Å². The van der Waals surface area contributed by atoms with Gasteiger partial charge in [-0.05, 0) is 54.4 Å². The van der Waals surface area contributed by atoms with Gasteiger partial charge in [0.15, 0.2) is 0 Å². The summed E-state index contributed by atoms with van der Waals surface area (Å²) in [5.74, 6) is -0.202. The zero-order valence-corrected chi connectivity index (χ0v) is 19.1. The molecule has 0 spiro atoms.